The van der Waals surface area contributed by atoms with Crippen LogP contribution in [0.5, 0.6) is 0 Å². The van der Waals surface area contributed by atoms with Gasteiger partial charge in [-0.3, -0.25) is 14.3 Å². The molecule has 0 saturated carbocycles. The van der Waals surface area contributed by atoms with Crippen LogP contribution in [0, 0.1) is 5.82 Å². The summed E-state index contributed by atoms with van der Waals surface area (Å²) in [5.74, 6) is -0.517. The van der Waals surface area contributed by atoms with Crippen LogP contribution in [0.25, 0.3) is 5.69 Å². The normalized spacial score (nSPS) is 11.5. The largest absolute Gasteiger partial charge is 0.390 e. The highest BCUT2D eigenvalue weighted by Gasteiger charge is 2.17. The number of hydrogen-bond acceptors (Lipinski definition) is 5. The van der Waals surface area contributed by atoms with Crippen LogP contribution in [-0.4, -0.2) is 20.4 Å². The molecule has 2 aromatic heterocycles. The average Bonchev–Trinajstić information content (AvgIpc) is 2.84. The lowest BCUT2D eigenvalue weighted by Crippen LogP contribution is -2.20. The second kappa shape index (κ2) is 11.0. The van der Waals surface area contributed by atoms with E-state index in [0.717, 1.165) is 6.07 Å². The maximum Gasteiger partial charge on any atom is 0.255 e. The Labute approximate surface area is 214 Å². The summed E-state index contributed by atoms with van der Waals surface area (Å²) in [6.45, 7) is -0.216. The number of nitrogens with zero attached hydrogens (tertiary/aromatic N) is 3. The molecule has 0 aliphatic rings. The van der Waals surface area contributed by atoms with E-state index in [1.807, 2.05) is 0 Å². The monoisotopic (exact) mass is 531 g/mol. The molecule has 0 aliphatic carbocycles. The van der Waals surface area contributed by atoms with E-state index in [1.165, 1.54) is 35.0 Å². The molecule has 2 heterocycles. The third-order valence-electron chi connectivity index (χ3n) is 4.94. The fraction of sp³-hybridized carbons (Fsp3) is 0.0800. The molecule has 0 radical (unpaired) electrons. The van der Waals surface area contributed by atoms with Gasteiger partial charge in [-0.15, -0.1) is 0 Å². The molecule has 0 bridgehead atoms. The Morgan fingerprint density at radius 1 is 0.971 bits per heavy atom. The maximum absolute atomic E-state index is 13.7. The molecule has 2 aromatic carbocycles. The van der Waals surface area contributed by atoms with Gasteiger partial charge in [-0.25, -0.2) is 4.39 Å². The van der Waals surface area contributed by atoms with Crippen molar-refractivity contribution in [3.63, 3.8) is 0 Å². The van der Waals surface area contributed by atoms with E-state index >= 15 is 0 Å². The van der Waals surface area contributed by atoms with Crippen molar-refractivity contribution < 1.29 is 14.3 Å². The van der Waals surface area contributed by atoms with Gasteiger partial charge < -0.3 is 9.94 Å². The van der Waals surface area contributed by atoms with E-state index in [2.05, 4.69) is 10.1 Å². The Morgan fingerprint density at radius 3 is 2.40 bits per heavy atom. The summed E-state index contributed by atoms with van der Waals surface area (Å²) in [6.07, 6.45) is 1.50. The predicted octanol–water partition coefficient (Wildman–Crippen LogP) is 5.79. The van der Waals surface area contributed by atoms with Gasteiger partial charge in [0, 0.05) is 23.4 Å². The minimum Gasteiger partial charge on any atom is -0.390 e. The van der Waals surface area contributed by atoms with E-state index in [0.29, 0.717) is 28.2 Å². The number of aliphatic hydroxyl groups excluding tert-OH is 1. The van der Waals surface area contributed by atoms with Crippen molar-refractivity contribution in [3.8, 4) is 5.69 Å². The summed E-state index contributed by atoms with van der Waals surface area (Å²) in [7, 11) is 0. The highest BCUT2D eigenvalue weighted by molar-refractivity contribution is 6.38. The fourth-order valence-corrected chi connectivity index (χ4v) is 4.16. The highest BCUT2D eigenvalue weighted by Crippen LogP contribution is 2.28. The van der Waals surface area contributed by atoms with Gasteiger partial charge in [0.25, 0.3) is 5.56 Å². The van der Waals surface area contributed by atoms with Gasteiger partial charge >= 0.3 is 0 Å². The lowest BCUT2D eigenvalue weighted by molar-refractivity contribution is 0.127. The first-order valence-electron chi connectivity index (χ1n) is 10.3. The number of hydrogen-bond donors (Lipinski definition) is 1. The molecule has 0 saturated heterocycles. The molecular weight excluding hydrogens is 516 g/mol. The van der Waals surface area contributed by atoms with Crippen LogP contribution < -0.4 is 5.56 Å². The minimum absolute atomic E-state index is 0.00780. The number of rotatable bonds is 7. The standard InChI is InChI=1S/C25H17Cl3FN3O3/c26-20-5-2-6-21(27)25(20)32-12-15(7-10-23(32)34)24(19-9-8-16(29)11-22(19)28)31-35-14-18-4-1-3-17(13-33)30-18/h1-12,33H,13-14H2/b31-24-. The predicted molar refractivity (Wildman–Crippen MR) is 134 cm³/mol. The molecule has 6 nitrogen and oxygen atoms in total. The van der Waals surface area contributed by atoms with Gasteiger partial charge in [-0.1, -0.05) is 52.1 Å². The van der Waals surface area contributed by atoms with Gasteiger partial charge in [0.1, 0.15) is 11.5 Å². The van der Waals surface area contributed by atoms with Crippen LogP contribution in [0.15, 0.2) is 82.9 Å². The molecule has 0 unspecified atom stereocenters. The van der Waals surface area contributed by atoms with E-state index in [9.17, 15) is 14.3 Å². The number of halogens is 4. The van der Waals surface area contributed by atoms with Crippen LogP contribution in [0.4, 0.5) is 4.39 Å². The molecule has 0 fully saturated rings. The van der Waals surface area contributed by atoms with Crippen molar-refractivity contribution in [1.29, 1.82) is 0 Å². The van der Waals surface area contributed by atoms with Gasteiger partial charge in [-0.05, 0) is 48.5 Å². The second-order valence-electron chi connectivity index (χ2n) is 7.31. The number of pyridine rings is 2. The van der Waals surface area contributed by atoms with Crippen molar-refractivity contribution in [3.05, 3.63) is 127 Å². The molecule has 0 atom stereocenters. The summed E-state index contributed by atoms with van der Waals surface area (Å²) < 4.78 is 15.0. The Kier molecular flexibility index (Phi) is 7.83. The first-order valence-corrected chi connectivity index (χ1v) is 11.4. The zero-order valence-corrected chi connectivity index (χ0v) is 20.2. The fourth-order valence-electron chi connectivity index (χ4n) is 3.32. The molecule has 4 rings (SSSR count). The SMILES string of the molecule is O=c1ccc(/C(=N/OCc2cccc(CO)n2)c2ccc(F)cc2Cl)cn1-c1c(Cl)cccc1Cl. The number of oxime groups is 1. The second-order valence-corrected chi connectivity index (χ2v) is 8.53. The summed E-state index contributed by atoms with van der Waals surface area (Å²) >= 11 is 19.0. The number of aliphatic hydroxyl groups is 1. The van der Waals surface area contributed by atoms with Gasteiger partial charge in [0.05, 0.1) is 38.8 Å². The van der Waals surface area contributed by atoms with Crippen LogP contribution >= 0.6 is 34.8 Å². The smallest absolute Gasteiger partial charge is 0.255 e. The van der Waals surface area contributed by atoms with Crippen molar-refractivity contribution in [2.75, 3.05) is 0 Å². The quantitative estimate of drug-likeness (QED) is 0.241. The Bertz CT molecular complexity index is 1450. The van der Waals surface area contributed by atoms with Crippen molar-refractivity contribution in [2.24, 2.45) is 5.16 Å². The number of para-hydroxylation sites is 1. The van der Waals surface area contributed by atoms with Gasteiger partial charge in [-0.2, -0.15) is 0 Å². The Morgan fingerprint density at radius 2 is 1.69 bits per heavy atom. The van der Waals surface area contributed by atoms with Crippen molar-refractivity contribution in [2.45, 2.75) is 13.2 Å². The first-order chi connectivity index (χ1) is 16.9. The van der Waals surface area contributed by atoms with Gasteiger partial charge in [0.2, 0.25) is 0 Å². The summed E-state index contributed by atoms with van der Waals surface area (Å²) in [5.41, 5.74) is 2.01. The molecule has 0 amide bonds. The van der Waals surface area contributed by atoms with Crippen LogP contribution in [-0.2, 0) is 18.1 Å². The zero-order chi connectivity index (χ0) is 24.9. The first kappa shape index (κ1) is 24.9. The Balaban J connectivity index is 1.79. The summed E-state index contributed by atoms with van der Waals surface area (Å²) in [6, 6.07) is 16.8. The summed E-state index contributed by atoms with van der Waals surface area (Å²) in [4.78, 5) is 22.5. The molecule has 1 N–H and O–H groups in total. The zero-order valence-electron chi connectivity index (χ0n) is 18.0. The number of benzene rings is 2. The lowest BCUT2D eigenvalue weighted by Gasteiger charge is -2.14. The number of aromatic nitrogens is 2. The molecule has 0 aliphatic heterocycles. The van der Waals surface area contributed by atoms with E-state index in [1.54, 1.807) is 36.4 Å². The molecule has 10 heteroatoms. The van der Waals surface area contributed by atoms with E-state index in [-0.39, 0.29) is 39.6 Å². The topological polar surface area (TPSA) is 76.7 Å². The maximum atomic E-state index is 13.7. The van der Waals surface area contributed by atoms with E-state index in [4.69, 9.17) is 39.6 Å². The van der Waals surface area contributed by atoms with Crippen molar-refractivity contribution >= 4 is 40.5 Å². The third kappa shape index (κ3) is 5.71. The van der Waals surface area contributed by atoms with Gasteiger partial charge in [0.15, 0.2) is 6.61 Å². The van der Waals surface area contributed by atoms with Crippen molar-refractivity contribution in [1.82, 2.24) is 9.55 Å². The molecule has 178 valence electrons. The van der Waals surface area contributed by atoms with Crippen LogP contribution in [0.3, 0.4) is 0 Å². The molecular formula is C25H17Cl3FN3O3. The summed E-state index contributed by atoms with van der Waals surface area (Å²) in [5, 5.41) is 14.2. The Hall–Kier alpha value is -3.23. The molecule has 0 spiro atoms. The highest BCUT2D eigenvalue weighted by atomic mass is 35.5. The van der Waals surface area contributed by atoms with E-state index < -0.39 is 5.82 Å². The van der Waals surface area contributed by atoms with Crippen LogP contribution in [0.1, 0.15) is 22.5 Å². The lowest BCUT2D eigenvalue weighted by atomic mass is 10.0. The minimum atomic E-state index is -0.517. The van der Waals surface area contributed by atoms with Crippen LogP contribution in [0.2, 0.25) is 15.1 Å². The molecule has 4 aromatic rings. The third-order valence-corrected chi connectivity index (χ3v) is 5.87. The average molecular weight is 533 g/mol. The molecule has 35 heavy (non-hydrogen) atoms.